The lowest BCUT2D eigenvalue weighted by Gasteiger charge is -2.24. The molecular weight excluding hydrogens is 366 g/mol. The van der Waals surface area contributed by atoms with Gasteiger partial charge in [0.2, 0.25) is 0 Å². The van der Waals surface area contributed by atoms with E-state index in [1.165, 1.54) is 57.8 Å². The van der Waals surface area contributed by atoms with Crippen molar-refractivity contribution in [3.8, 4) is 0 Å². The summed E-state index contributed by atoms with van der Waals surface area (Å²) in [5.41, 5.74) is 6.18. The quantitative estimate of drug-likeness (QED) is 0.193. The van der Waals surface area contributed by atoms with Crippen LogP contribution < -0.4 is 5.73 Å². The van der Waals surface area contributed by atoms with E-state index >= 15 is 0 Å². The van der Waals surface area contributed by atoms with Crippen molar-refractivity contribution in [1.82, 2.24) is 0 Å². The molecule has 172 valence electrons. The molecule has 0 bridgehead atoms. The van der Waals surface area contributed by atoms with Crippen molar-refractivity contribution in [1.29, 1.82) is 0 Å². The number of esters is 2. The Morgan fingerprint density at radius 2 is 1.17 bits per heavy atom. The van der Waals surface area contributed by atoms with Gasteiger partial charge in [-0.25, -0.2) is 0 Å². The highest BCUT2D eigenvalue weighted by Crippen LogP contribution is 2.15. The third kappa shape index (κ3) is 17.5. The normalized spacial score (nSPS) is 13.1. The molecule has 0 fully saturated rings. The van der Waals surface area contributed by atoms with E-state index in [1.54, 1.807) is 0 Å². The summed E-state index contributed by atoms with van der Waals surface area (Å²) in [7, 11) is 0. The number of rotatable bonds is 20. The fourth-order valence-electron chi connectivity index (χ4n) is 3.37. The second-order valence-electron chi connectivity index (χ2n) is 8.20. The van der Waals surface area contributed by atoms with E-state index in [1.807, 2.05) is 13.8 Å². The first-order valence-electron chi connectivity index (χ1n) is 12.2. The van der Waals surface area contributed by atoms with Crippen molar-refractivity contribution < 1.29 is 19.1 Å². The van der Waals surface area contributed by atoms with Crippen LogP contribution in [0, 0.1) is 0 Å². The minimum absolute atomic E-state index is 0.112. The van der Waals surface area contributed by atoms with Crippen molar-refractivity contribution in [2.45, 2.75) is 136 Å². The van der Waals surface area contributed by atoms with Crippen molar-refractivity contribution in [2.24, 2.45) is 5.73 Å². The van der Waals surface area contributed by atoms with Crippen LogP contribution in [0.3, 0.4) is 0 Å². The summed E-state index contributed by atoms with van der Waals surface area (Å²) in [5, 5.41) is 0. The summed E-state index contributed by atoms with van der Waals surface area (Å²) in [5.74, 6) is -0.452. The monoisotopic (exact) mass is 413 g/mol. The van der Waals surface area contributed by atoms with Crippen molar-refractivity contribution in [3.63, 3.8) is 0 Å². The second kappa shape index (κ2) is 20.2. The van der Waals surface area contributed by atoms with Crippen LogP contribution in [0.4, 0.5) is 0 Å². The van der Waals surface area contributed by atoms with E-state index in [-0.39, 0.29) is 24.6 Å². The lowest BCUT2D eigenvalue weighted by atomic mass is 10.0. The zero-order valence-corrected chi connectivity index (χ0v) is 19.4. The molecule has 0 aromatic rings. The molecule has 0 radical (unpaired) electrons. The maximum atomic E-state index is 11.9. The van der Waals surface area contributed by atoms with Crippen LogP contribution in [0.1, 0.15) is 124 Å². The molecule has 0 aliphatic carbocycles. The third-order valence-electron chi connectivity index (χ3n) is 5.20. The van der Waals surface area contributed by atoms with Gasteiger partial charge in [0.25, 0.3) is 0 Å². The van der Waals surface area contributed by atoms with Crippen LogP contribution in [0.25, 0.3) is 0 Å². The van der Waals surface area contributed by atoms with Crippen LogP contribution in [0.5, 0.6) is 0 Å². The van der Waals surface area contributed by atoms with E-state index in [4.69, 9.17) is 15.2 Å². The van der Waals surface area contributed by atoms with Gasteiger partial charge in [-0.3, -0.25) is 9.59 Å². The van der Waals surface area contributed by atoms with Crippen molar-refractivity contribution in [2.75, 3.05) is 6.61 Å². The molecule has 0 amide bonds. The van der Waals surface area contributed by atoms with Crippen LogP contribution in [-0.2, 0) is 19.1 Å². The minimum atomic E-state index is -0.459. The molecule has 2 atom stereocenters. The van der Waals surface area contributed by atoms with Crippen LogP contribution >= 0.6 is 0 Å². The standard InChI is InChI=1S/C24H47NO4/c1-4-7-8-9-10-11-12-13-14-15-16-19-22(29-24(27)18-6-3)21(25)20-28-23(26)17-5-2/h21-22H,4-20,25H2,1-3H3. The Hall–Kier alpha value is -1.10. The number of hydrogen-bond acceptors (Lipinski definition) is 5. The maximum Gasteiger partial charge on any atom is 0.306 e. The molecule has 0 rings (SSSR count). The predicted molar refractivity (Wildman–Crippen MR) is 120 cm³/mol. The Kier molecular flexibility index (Phi) is 19.4. The van der Waals surface area contributed by atoms with Crippen molar-refractivity contribution >= 4 is 11.9 Å². The van der Waals surface area contributed by atoms with E-state index in [0.29, 0.717) is 12.8 Å². The molecule has 0 aromatic carbocycles. The minimum Gasteiger partial charge on any atom is -0.464 e. The molecule has 0 spiro atoms. The summed E-state index contributed by atoms with van der Waals surface area (Å²) >= 11 is 0. The van der Waals surface area contributed by atoms with Gasteiger partial charge in [-0.15, -0.1) is 0 Å². The van der Waals surface area contributed by atoms with Gasteiger partial charge in [0.1, 0.15) is 12.7 Å². The number of hydrogen-bond donors (Lipinski definition) is 1. The summed E-state index contributed by atoms with van der Waals surface area (Å²) < 4.78 is 10.8. The molecule has 0 aromatic heterocycles. The van der Waals surface area contributed by atoms with Gasteiger partial charge in [0.15, 0.2) is 0 Å². The largest absolute Gasteiger partial charge is 0.464 e. The highest BCUT2D eigenvalue weighted by molar-refractivity contribution is 5.70. The molecule has 5 heteroatoms. The summed E-state index contributed by atoms with van der Waals surface area (Å²) in [4.78, 5) is 23.5. The number of unbranched alkanes of at least 4 members (excludes halogenated alkanes) is 10. The Labute approximate surface area is 179 Å². The highest BCUT2D eigenvalue weighted by Gasteiger charge is 2.23. The first kappa shape index (κ1) is 27.9. The average Bonchev–Trinajstić information content (AvgIpc) is 2.69. The Balaban J connectivity index is 4.05. The number of carbonyl (C=O) groups excluding carboxylic acids is 2. The smallest absolute Gasteiger partial charge is 0.306 e. The molecular formula is C24H47NO4. The molecule has 0 aliphatic rings. The van der Waals surface area contributed by atoms with Gasteiger partial charge in [0.05, 0.1) is 6.04 Å². The molecule has 29 heavy (non-hydrogen) atoms. The van der Waals surface area contributed by atoms with E-state index in [9.17, 15) is 9.59 Å². The predicted octanol–water partition coefficient (Wildman–Crippen LogP) is 6.07. The van der Waals surface area contributed by atoms with Crippen LogP contribution in [0.15, 0.2) is 0 Å². The van der Waals surface area contributed by atoms with E-state index in [0.717, 1.165) is 32.1 Å². The van der Waals surface area contributed by atoms with Gasteiger partial charge in [-0.05, 0) is 25.7 Å². The zero-order valence-electron chi connectivity index (χ0n) is 19.4. The first-order chi connectivity index (χ1) is 14.0. The molecule has 0 aliphatic heterocycles. The molecule has 0 heterocycles. The number of carbonyl (C=O) groups is 2. The highest BCUT2D eigenvalue weighted by atomic mass is 16.6. The lowest BCUT2D eigenvalue weighted by Crippen LogP contribution is -2.42. The Morgan fingerprint density at radius 1 is 0.690 bits per heavy atom. The molecule has 5 nitrogen and oxygen atoms in total. The zero-order chi connectivity index (χ0) is 21.7. The first-order valence-corrected chi connectivity index (χ1v) is 12.2. The van der Waals surface area contributed by atoms with Gasteiger partial charge < -0.3 is 15.2 Å². The molecule has 0 saturated carbocycles. The number of nitrogens with two attached hydrogens (primary N) is 1. The Bertz CT molecular complexity index is 400. The third-order valence-corrected chi connectivity index (χ3v) is 5.20. The van der Waals surface area contributed by atoms with E-state index in [2.05, 4.69) is 6.92 Å². The summed E-state index contributed by atoms with van der Waals surface area (Å²) in [6.45, 7) is 6.25. The number of ether oxygens (including phenoxy) is 2. The topological polar surface area (TPSA) is 78.6 Å². The van der Waals surface area contributed by atoms with E-state index < -0.39 is 6.04 Å². The summed E-state index contributed by atoms with van der Waals surface area (Å²) in [6, 6.07) is -0.459. The average molecular weight is 414 g/mol. The van der Waals surface area contributed by atoms with Crippen LogP contribution in [0.2, 0.25) is 0 Å². The summed E-state index contributed by atoms with van der Waals surface area (Å²) in [6.07, 6.45) is 16.7. The second-order valence-corrected chi connectivity index (χ2v) is 8.20. The van der Waals surface area contributed by atoms with Crippen LogP contribution in [-0.4, -0.2) is 30.7 Å². The lowest BCUT2D eigenvalue weighted by molar-refractivity contribution is -0.153. The Morgan fingerprint density at radius 3 is 1.69 bits per heavy atom. The molecule has 2 N–H and O–H groups in total. The van der Waals surface area contributed by atoms with Gasteiger partial charge >= 0.3 is 11.9 Å². The molecule has 2 unspecified atom stereocenters. The fraction of sp³-hybridized carbons (Fsp3) is 0.917. The van der Waals surface area contributed by atoms with Crippen molar-refractivity contribution in [3.05, 3.63) is 0 Å². The van der Waals surface area contributed by atoms with Gasteiger partial charge in [-0.1, -0.05) is 85.0 Å². The fourth-order valence-corrected chi connectivity index (χ4v) is 3.37. The maximum absolute atomic E-state index is 11.9. The molecule has 0 saturated heterocycles. The van der Waals surface area contributed by atoms with Gasteiger partial charge in [0, 0.05) is 12.8 Å². The van der Waals surface area contributed by atoms with Gasteiger partial charge in [-0.2, -0.15) is 0 Å². The SMILES string of the molecule is CCCCCCCCCCCCCC(OC(=O)CCC)C(N)COC(=O)CCC.